The quantitative estimate of drug-likeness (QED) is 0.102. The molecule has 24 nitrogen and oxygen atoms in total. The van der Waals surface area contributed by atoms with Crippen molar-refractivity contribution in [1.29, 1.82) is 0 Å². The Kier molecular flexibility index (Phi) is 33.8. The van der Waals surface area contributed by atoms with Crippen LogP contribution in [0.1, 0.15) is 168 Å². The van der Waals surface area contributed by atoms with Gasteiger partial charge in [-0.1, -0.05) is 116 Å². The van der Waals surface area contributed by atoms with Crippen LogP contribution in [0.4, 0.5) is 0 Å². The number of amides is 11. The van der Waals surface area contributed by atoms with E-state index in [2.05, 4.69) is 21.3 Å². The molecule has 1 aliphatic rings. The number of carbonyl (C=O) groups is 11. The van der Waals surface area contributed by atoms with E-state index in [0.717, 1.165) is 29.1 Å². The monoisotopic (exact) mass is 1230 g/mol. The number of carbonyl (C=O) groups excluding carboxylic acids is 11. The molecule has 5 unspecified atom stereocenters. The zero-order chi connectivity index (χ0) is 67.2. The van der Waals surface area contributed by atoms with Crippen LogP contribution in [-0.4, -0.2) is 234 Å². The lowest BCUT2D eigenvalue weighted by atomic mass is 9.90. The smallest absolute Gasteiger partial charge is 0.246 e. The molecule has 11 amide bonds. The number of nitrogens with zero attached hydrogens (tertiary/aromatic N) is 7. The van der Waals surface area contributed by atoms with Crippen LogP contribution in [0.5, 0.6) is 0 Å². The van der Waals surface area contributed by atoms with Gasteiger partial charge in [0, 0.05) is 49.3 Å². The summed E-state index contributed by atoms with van der Waals surface area (Å²) < 4.78 is 0. The predicted molar refractivity (Wildman–Crippen MR) is 337 cm³/mol. The van der Waals surface area contributed by atoms with Crippen molar-refractivity contribution < 1.29 is 57.8 Å². The molecule has 11 atom stereocenters. The summed E-state index contributed by atoms with van der Waals surface area (Å²) in [7, 11) is 9.95. The van der Waals surface area contributed by atoms with E-state index in [1.807, 2.05) is 55.4 Å². The van der Waals surface area contributed by atoms with E-state index in [-0.39, 0.29) is 55.8 Å². The van der Waals surface area contributed by atoms with Gasteiger partial charge in [-0.3, -0.25) is 52.7 Å². The summed E-state index contributed by atoms with van der Waals surface area (Å²) in [6.45, 7) is 26.1. The van der Waals surface area contributed by atoms with E-state index in [9.17, 15) is 48.3 Å². The molecule has 0 aromatic carbocycles. The van der Waals surface area contributed by atoms with Crippen molar-refractivity contribution in [2.45, 2.75) is 229 Å². The summed E-state index contributed by atoms with van der Waals surface area (Å²) in [4.78, 5) is 168. The van der Waals surface area contributed by atoms with E-state index in [0.29, 0.717) is 19.4 Å². The average Bonchev–Trinajstić information content (AvgIpc) is 1.29. The van der Waals surface area contributed by atoms with Crippen LogP contribution in [0.3, 0.4) is 0 Å². The molecular weight excluding hydrogens is 1120 g/mol. The second kappa shape index (κ2) is 37.2. The van der Waals surface area contributed by atoms with Crippen molar-refractivity contribution in [3.63, 3.8) is 0 Å². The standard InChI is InChI=1S/C63H116N12O12/c1-23-44-59(83)69(16)35-50(77)70(17)45(30-36(2)3)57(81)68-51(40(10)11)62(86)72(19)46(31-37(4)5)56(80)66-43(15)55(79)65-34-49(76)71(18)47(32-38(6)7)60(84)73(20)48(33-39(8)9)61(85)74(21)52(41(12)13)63(87)75(22)53(58(82)67-44)54(78)42(14)28-26-24-25-27-29-64/h36-48,51-54,78H,23-35,64H2,1-22H3,(H,65,79)(H,66,80)(H,67,82)(H,68,81)/t42-,43-,44?,45+,46-,47?,48?,51-,52?,53?,54-/m1/s1. The van der Waals surface area contributed by atoms with Crippen LogP contribution in [0.25, 0.3) is 0 Å². The third kappa shape index (κ3) is 23.5. The van der Waals surface area contributed by atoms with Crippen molar-refractivity contribution in [3.8, 4) is 0 Å². The molecule has 1 fully saturated rings. The summed E-state index contributed by atoms with van der Waals surface area (Å²) in [5, 5.41) is 23.2. The van der Waals surface area contributed by atoms with Gasteiger partial charge in [0.2, 0.25) is 65.0 Å². The lowest BCUT2D eigenvalue weighted by molar-refractivity contribution is -0.157. The predicted octanol–water partition coefficient (Wildman–Crippen LogP) is 2.82. The molecule has 0 spiro atoms. The molecule has 1 saturated heterocycles. The van der Waals surface area contributed by atoms with E-state index < -0.39 is 156 Å². The Hall–Kier alpha value is -5.91. The minimum Gasteiger partial charge on any atom is -0.390 e. The Morgan fingerprint density at radius 3 is 1.39 bits per heavy atom. The molecule has 0 radical (unpaired) electrons. The summed E-state index contributed by atoms with van der Waals surface area (Å²) in [6.07, 6.45) is 2.83. The van der Waals surface area contributed by atoms with Crippen molar-refractivity contribution in [3.05, 3.63) is 0 Å². The van der Waals surface area contributed by atoms with Crippen LogP contribution in [0.2, 0.25) is 0 Å². The molecule has 0 aliphatic carbocycles. The maximum absolute atomic E-state index is 15.2. The Labute approximate surface area is 521 Å². The number of nitrogens with two attached hydrogens (primary N) is 1. The van der Waals surface area contributed by atoms with Crippen molar-refractivity contribution >= 4 is 65.0 Å². The Morgan fingerprint density at radius 1 is 0.471 bits per heavy atom. The van der Waals surface area contributed by atoms with Crippen molar-refractivity contribution in [2.24, 2.45) is 47.2 Å². The van der Waals surface area contributed by atoms with Crippen LogP contribution >= 0.6 is 0 Å². The molecule has 0 aromatic rings. The normalized spacial score (nSPS) is 25.6. The fourth-order valence-corrected chi connectivity index (χ4v) is 11.1. The zero-order valence-electron chi connectivity index (χ0n) is 57.2. The second-order valence-electron chi connectivity index (χ2n) is 26.8. The van der Waals surface area contributed by atoms with Gasteiger partial charge in [-0.15, -0.1) is 0 Å². The third-order valence-corrected chi connectivity index (χ3v) is 16.7. The first-order valence-electron chi connectivity index (χ1n) is 31.7. The number of aliphatic hydroxyl groups is 1. The Balaban J connectivity index is 4.28. The highest BCUT2D eigenvalue weighted by atomic mass is 16.3. The molecule has 87 heavy (non-hydrogen) atoms. The van der Waals surface area contributed by atoms with Crippen LogP contribution in [0.15, 0.2) is 0 Å². The number of unbranched alkanes of at least 4 members (excludes halogenated alkanes) is 3. The molecular formula is C63H116N12O12. The van der Waals surface area contributed by atoms with Gasteiger partial charge in [-0.2, -0.15) is 0 Å². The molecule has 0 saturated carbocycles. The highest BCUT2D eigenvalue weighted by Gasteiger charge is 2.45. The Bertz CT molecular complexity index is 2300. The number of hydrogen-bond donors (Lipinski definition) is 6. The van der Waals surface area contributed by atoms with Gasteiger partial charge in [0.15, 0.2) is 0 Å². The fraction of sp³-hybridized carbons (Fsp3) is 0.825. The largest absolute Gasteiger partial charge is 0.390 e. The number of aliphatic hydroxyl groups excluding tert-OH is 1. The molecule has 500 valence electrons. The second-order valence-corrected chi connectivity index (χ2v) is 26.8. The summed E-state index contributed by atoms with van der Waals surface area (Å²) in [6, 6.07) is -11.0. The first-order valence-corrected chi connectivity index (χ1v) is 31.7. The van der Waals surface area contributed by atoms with Gasteiger partial charge in [-0.25, -0.2) is 0 Å². The number of rotatable bonds is 19. The molecule has 1 aliphatic heterocycles. The van der Waals surface area contributed by atoms with E-state index >= 15 is 9.59 Å². The maximum atomic E-state index is 15.2. The molecule has 1 rings (SSSR count). The first-order chi connectivity index (χ1) is 40.3. The fourth-order valence-electron chi connectivity index (χ4n) is 11.1. The van der Waals surface area contributed by atoms with Crippen LogP contribution in [0, 0.1) is 41.4 Å². The summed E-state index contributed by atoms with van der Waals surface area (Å²) >= 11 is 0. The average molecular weight is 1230 g/mol. The molecule has 7 N–H and O–H groups in total. The van der Waals surface area contributed by atoms with Crippen LogP contribution < -0.4 is 27.0 Å². The van der Waals surface area contributed by atoms with Gasteiger partial charge >= 0.3 is 0 Å². The lowest BCUT2D eigenvalue weighted by Crippen LogP contribution is -2.63. The molecule has 0 bridgehead atoms. The number of nitrogens with one attached hydrogen (secondary N) is 4. The van der Waals surface area contributed by atoms with E-state index in [4.69, 9.17) is 5.73 Å². The van der Waals surface area contributed by atoms with Gasteiger partial charge in [0.1, 0.15) is 54.4 Å². The molecule has 0 aromatic heterocycles. The third-order valence-electron chi connectivity index (χ3n) is 16.7. The van der Waals surface area contributed by atoms with Gasteiger partial charge in [0.25, 0.3) is 0 Å². The minimum atomic E-state index is -1.59. The summed E-state index contributed by atoms with van der Waals surface area (Å²) in [5.41, 5.74) is 5.73. The van der Waals surface area contributed by atoms with Crippen LogP contribution in [-0.2, 0) is 52.7 Å². The molecule has 1 heterocycles. The lowest BCUT2D eigenvalue weighted by Gasteiger charge is -2.41. The summed E-state index contributed by atoms with van der Waals surface area (Å²) in [5.74, 6) is -9.58. The highest BCUT2D eigenvalue weighted by Crippen LogP contribution is 2.26. The van der Waals surface area contributed by atoms with Gasteiger partial charge in [-0.05, 0) is 99.8 Å². The minimum absolute atomic E-state index is 0.0264. The first kappa shape index (κ1) is 79.1. The van der Waals surface area contributed by atoms with Gasteiger partial charge in [0.05, 0.1) is 19.2 Å². The number of likely N-dealkylation sites (N-methyl/N-ethyl adjacent to an activating group) is 7. The Morgan fingerprint density at radius 2 is 0.908 bits per heavy atom. The number of hydrogen-bond acceptors (Lipinski definition) is 13. The SMILES string of the molecule is CCC1NC(=O)C([C@H](O)[C@H](C)CCCCCCN)N(C)C(=O)C(C(C)C)N(C)C(=O)C(CC(C)C)N(C)C(=O)C(CC(C)C)N(C)C(=O)CNC(=O)[C@@H](C)NC(=O)[C@@H](CC(C)C)N(C)C(=O)[C@@H](C(C)C)NC(=O)[C@H](CC(C)C)N(C)C(=O)CN(C)C1=O. The van der Waals surface area contributed by atoms with Crippen molar-refractivity contribution in [1.82, 2.24) is 55.6 Å². The topological polar surface area (TPSA) is 305 Å². The van der Waals surface area contributed by atoms with Crippen molar-refractivity contribution in [2.75, 3.05) is 69.0 Å². The molecule has 24 heteroatoms. The maximum Gasteiger partial charge on any atom is 0.246 e. The van der Waals surface area contributed by atoms with E-state index in [1.165, 1.54) is 80.8 Å². The van der Waals surface area contributed by atoms with E-state index in [1.54, 1.807) is 41.5 Å². The zero-order valence-corrected chi connectivity index (χ0v) is 57.2. The van der Waals surface area contributed by atoms with Gasteiger partial charge < -0.3 is 66.4 Å². The highest BCUT2D eigenvalue weighted by molar-refractivity contribution is 5.99.